The molecule has 0 aromatic carbocycles. The maximum Gasteiger partial charge on any atom is 0.333 e. The first-order valence-corrected chi connectivity index (χ1v) is 5.61. The molecule has 0 unspecified atom stereocenters. The Morgan fingerprint density at radius 3 is 2.41 bits per heavy atom. The normalized spacial score (nSPS) is 11.1. The highest BCUT2D eigenvalue weighted by Crippen LogP contribution is 2.12. The van der Waals surface area contributed by atoms with Crippen LogP contribution >= 0.6 is 0 Å². The number of aliphatic carboxylic acids is 1. The molecule has 4 heteroatoms. The predicted octanol–water partition coefficient (Wildman–Crippen LogP) is 2.70. The fourth-order valence-corrected chi connectivity index (χ4v) is 1.34. The third-order valence-electron chi connectivity index (χ3n) is 2.25. The number of esters is 1. The Morgan fingerprint density at radius 2 is 1.94 bits per heavy atom. The third-order valence-corrected chi connectivity index (χ3v) is 2.25. The summed E-state index contributed by atoms with van der Waals surface area (Å²) >= 11 is 0. The molecule has 0 rings (SSSR count). The molecule has 0 atom stereocenters. The van der Waals surface area contributed by atoms with Crippen LogP contribution in [-0.4, -0.2) is 24.2 Å². The zero-order chi connectivity index (χ0) is 13.3. The van der Waals surface area contributed by atoms with E-state index in [0.29, 0.717) is 18.4 Å². The molecule has 0 bridgehead atoms. The number of carboxylic acids is 1. The van der Waals surface area contributed by atoms with Gasteiger partial charge in [0.05, 0.1) is 7.11 Å². The summed E-state index contributed by atoms with van der Waals surface area (Å²) in [7, 11) is 1.33. The minimum absolute atomic E-state index is 0.0643. The first kappa shape index (κ1) is 15.4. The van der Waals surface area contributed by atoms with E-state index in [2.05, 4.69) is 11.3 Å². The van der Waals surface area contributed by atoms with Gasteiger partial charge in [-0.2, -0.15) is 0 Å². The van der Waals surface area contributed by atoms with E-state index in [9.17, 15) is 9.59 Å². The largest absolute Gasteiger partial charge is 0.481 e. The van der Waals surface area contributed by atoms with Gasteiger partial charge in [0.15, 0.2) is 0 Å². The van der Waals surface area contributed by atoms with E-state index < -0.39 is 5.97 Å². The molecule has 0 heterocycles. The summed E-state index contributed by atoms with van der Waals surface area (Å²) < 4.78 is 4.65. The van der Waals surface area contributed by atoms with E-state index in [0.717, 1.165) is 18.4 Å². The van der Waals surface area contributed by atoms with Crippen LogP contribution in [0.1, 0.15) is 39.0 Å². The molecule has 1 N–H and O–H groups in total. The summed E-state index contributed by atoms with van der Waals surface area (Å²) in [5.41, 5.74) is 1.60. The number of rotatable bonds is 8. The lowest BCUT2D eigenvalue weighted by Gasteiger charge is -2.04. The highest BCUT2D eigenvalue weighted by atomic mass is 16.5. The minimum Gasteiger partial charge on any atom is -0.481 e. The zero-order valence-corrected chi connectivity index (χ0v) is 10.5. The predicted molar refractivity (Wildman–Crippen MR) is 65.6 cm³/mol. The highest BCUT2D eigenvalue weighted by molar-refractivity contribution is 5.88. The molecular weight excluding hydrogens is 220 g/mol. The van der Waals surface area contributed by atoms with Gasteiger partial charge in [-0.25, -0.2) is 4.79 Å². The van der Waals surface area contributed by atoms with Gasteiger partial charge in [-0.05, 0) is 32.6 Å². The van der Waals surface area contributed by atoms with E-state index in [1.165, 1.54) is 7.11 Å². The second-order valence-corrected chi connectivity index (χ2v) is 3.96. The molecule has 0 spiro atoms. The fraction of sp³-hybridized carbons (Fsp3) is 0.538. The highest BCUT2D eigenvalue weighted by Gasteiger charge is 2.09. The Bertz CT molecular complexity index is 315. The summed E-state index contributed by atoms with van der Waals surface area (Å²) in [5, 5.41) is 8.52. The van der Waals surface area contributed by atoms with Gasteiger partial charge in [0.2, 0.25) is 0 Å². The van der Waals surface area contributed by atoms with E-state index in [4.69, 9.17) is 5.11 Å². The second-order valence-electron chi connectivity index (χ2n) is 3.96. The van der Waals surface area contributed by atoms with Crippen LogP contribution in [0.4, 0.5) is 0 Å². The van der Waals surface area contributed by atoms with Crippen molar-refractivity contribution in [1.82, 2.24) is 0 Å². The number of carbonyl (C=O) groups is 2. The molecule has 0 fully saturated rings. The number of carbonyl (C=O) groups excluding carboxylic acids is 1. The Labute approximate surface area is 102 Å². The summed E-state index contributed by atoms with van der Waals surface area (Å²) in [6, 6.07) is 0. The Hall–Kier alpha value is -1.58. The SMILES string of the molecule is C=C(C)CC/C=C(/CCCC(=O)O)C(=O)OC. The van der Waals surface area contributed by atoms with Crippen LogP contribution in [0.5, 0.6) is 0 Å². The van der Waals surface area contributed by atoms with Crippen molar-refractivity contribution in [3.8, 4) is 0 Å². The molecule has 0 saturated carbocycles. The maximum atomic E-state index is 11.4. The van der Waals surface area contributed by atoms with Gasteiger partial charge in [-0.3, -0.25) is 4.79 Å². The molecule has 0 radical (unpaired) electrons. The lowest BCUT2D eigenvalue weighted by Crippen LogP contribution is -2.06. The molecular formula is C13H20O4. The zero-order valence-electron chi connectivity index (χ0n) is 10.5. The van der Waals surface area contributed by atoms with Gasteiger partial charge < -0.3 is 9.84 Å². The van der Waals surface area contributed by atoms with Crippen LogP contribution in [0.25, 0.3) is 0 Å². The van der Waals surface area contributed by atoms with Crippen molar-refractivity contribution in [3.05, 3.63) is 23.8 Å². The topological polar surface area (TPSA) is 63.6 Å². The molecule has 0 aromatic heterocycles. The van der Waals surface area contributed by atoms with Crippen molar-refractivity contribution in [2.75, 3.05) is 7.11 Å². The molecule has 0 amide bonds. The van der Waals surface area contributed by atoms with Crippen LogP contribution in [0.2, 0.25) is 0 Å². The Kier molecular flexibility index (Phi) is 7.76. The lowest BCUT2D eigenvalue weighted by atomic mass is 10.1. The summed E-state index contributed by atoms with van der Waals surface area (Å²) in [6.07, 6.45) is 4.31. The van der Waals surface area contributed by atoms with Crippen molar-refractivity contribution < 1.29 is 19.4 Å². The number of methoxy groups -OCH3 is 1. The average molecular weight is 240 g/mol. The molecule has 0 aliphatic carbocycles. The van der Waals surface area contributed by atoms with Crippen LogP contribution in [-0.2, 0) is 14.3 Å². The summed E-state index contributed by atoms with van der Waals surface area (Å²) in [6.45, 7) is 5.71. The van der Waals surface area contributed by atoms with Crippen molar-refractivity contribution in [2.45, 2.75) is 39.0 Å². The molecule has 0 aromatic rings. The van der Waals surface area contributed by atoms with Gasteiger partial charge in [-0.15, -0.1) is 6.58 Å². The van der Waals surface area contributed by atoms with Gasteiger partial charge >= 0.3 is 11.9 Å². The maximum absolute atomic E-state index is 11.4. The van der Waals surface area contributed by atoms with Crippen LogP contribution in [0, 0.1) is 0 Å². The standard InChI is InChI=1S/C13H20O4/c1-10(2)6-4-7-11(13(16)17-3)8-5-9-12(14)15/h7H,1,4-6,8-9H2,2-3H3,(H,14,15)/b11-7-. The number of hydrogen-bond donors (Lipinski definition) is 1. The van der Waals surface area contributed by atoms with E-state index in [-0.39, 0.29) is 12.4 Å². The smallest absolute Gasteiger partial charge is 0.333 e. The summed E-state index contributed by atoms with van der Waals surface area (Å²) in [4.78, 5) is 21.8. The van der Waals surface area contributed by atoms with Crippen molar-refractivity contribution >= 4 is 11.9 Å². The Balaban J connectivity index is 4.27. The average Bonchev–Trinajstić information content (AvgIpc) is 2.25. The van der Waals surface area contributed by atoms with Crippen LogP contribution < -0.4 is 0 Å². The van der Waals surface area contributed by atoms with Crippen LogP contribution in [0.3, 0.4) is 0 Å². The number of hydrogen-bond acceptors (Lipinski definition) is 3. The molecule has 0 aliphatic rings. The van der Waals surface area contributed by atoms with Gasteiger partial charge in [0.1, 0.15) is 0 Å². The molecule has 0 aliphatic heterocycles. The number of allylic oxidation sites excluding steroid dienone is 2. The number of carboxylic acid groups (broad SMARTS) is 1. The van der Waals surface area contributed by atoms with Crippen molar-refractivity contribution in [1.29, 1.82) is 0 Å². The molecule has 96 valence electrons. The van der Waals surface area contributed by atoms with E-state index in [1.54, 1.807) is 0 Å². The number of ether oxygens (including phenoxy) is 1. The Morgan fingerprint density at radius 1 is 1.29 bits per heavy atom. The van der Waals surface area contributed by atoms with Crippen molar-refractivity contribution in [3.63, 3.8) is 0 Å². The molecule has 4 nitrogen and oxygen atoms in total. The van der Waals surface area contributed by atoms with Crippen LogP contribution in [0.15, 0.2) is 23.8 Å². The van der Waals surface area contributed by atoms with Gasteiger partial charge in [-0.1, -0.05) is 11.6 Å². The first-order chi connectivity index (χ1) is 7.97. The summed E-state index contributed by atoms with van der Waals surface area (Å²) in [5.74, 6) is -1.23. The second kappa shape index (κ2) is 8.56. The van der Waals surface area contributed by atoms with Gasteiger partial charge in [0, 0.05) is 12.0 Å². The third kappa shape index (κ3) is 8.25. The fourth-order valence-electron chi connectivity index (χ4n) is 1.34. The molecule has 17 heavy (non-hydrogen) atoms. The monoisotopic (exact) mass is 240 g/mol. The first-order valence-electron chi connectivity index (χ1n) is 5.61. The lowest BCUT2D eigenvalue weighted by molar-refractivity contribution is -0.138. The molecule has 0 saturated heterocycles. The van der Waals surface area contributed by atoms with Gasteiger partial charge in [0.25, 0.3) is 0 Å². The van der Waals surface area contributed by atoms with E-state index in [1.807, 2.05) is 13.0 Å². The minimum atomic E-state index is -0.851. The van der Waals surface area contributed by atoms with Crippen molar-refractivity contribution in [2.24, 2.45) is 0 Å². The quantitative estimate of drug-likeness (QED) is 0.402. The van der Waals surface area contributed by atoms with E-state index >= 15 is 0 Å².